The van der Waals surface area contributed by atoms with Gasteiger partial charge in [-0.2, -0.15) is 0 Å². The maximum absolute atomic E-state index is 12.4. The topological polar surface area (TPSA) is 74.6 Å². The van der Waals surface area contributed by atoms with E-state index >= 15 is 0 Å². The number of fused-ring (bicyclic) bond motifs is 1. The van der Waals surface area contributed by atoms with Crippen LogP contribution in [0.25, 0.3) is 0 Å². The van der Waals surface area contributed by atoms with Gasteiger partial charge in [-0.3, -0.25) is 9.59 Å². The molecule has 20 heavy (non-hydrogen) atoms. The number of carbonyl (C=O) groups is 2. The number of benzene rings is 1. The van der Waals surface area contributed by atoms with Crippen LogP contribution in [0.15, 0.2) is 34.4 Å². The molecular formula is C15H13ClO4. The van der Waals surface area contributed by atoms with E-state index < -0.39 is 11.6 Å². The van der Waals surface area contributed by atoms with E-state index in [9.17, 15) is 19.8 Å². The zero-order chi connectivity index (χ0) is 15.0. The van der Waals surface area contributed by atoms with E-state index in [2.05, 4.69) is 0 Å². The average Bonchev–Trinajstić information content (AvgIpc) is 2.38. The van der Waals surface area contributed by atoms with Gasteiger partial charge in [-0.25, -0.2) is 0 Å². The summed E-state index contributed by atoms with van der Waals surface area (Å²) < 4.78 is 0. The Kier molecular flexibility index (Phi) is 3.68. The minimum Gasteiger partial charge on any atom is -0.507 e. The van der Waals surface area contributed by atoms with Crippen LogP contribution >= 0.6 is 11.6 Å². The lowest BCUT2D eigenvalue weighted by atomic mass is 9.86. The van der Waals surface area contributed by atoms with Crippen molar-refractivity contribution >= 4 is 23.2 Å². The molecule has 0 unspecified atom stereocenters. The molecule has 0 saturated heterocycles. The first kappa shape index (κ1) is 14.3. The van der Waals surface area contributed by atoms with Crippen LogP contribution in [-0.2, 0) is 0 Å². The minimum atomic E-state index is -0.646. The SMILES string of the molecule is CC(C)=CCC1=C(Cl)C(=O)c2c(O)ccc(O)c2C1=O. The van der Waals surface area contributed by atoms with Gasteiger partial charge in [-0.05, 0) is 32.4 Å². The van der Waals surface area contributed by atoms with Gasteiger partial charge in [0, 0.05) is 5.57 Å². The zero-order valence-electron chi connectivity index (χ0n) is 11.0. The van der Waals surface area contributed by atoms with E-state index in [0.717, 1.165) is 11.6 Å². The number of aromatic hydroxyl groups is 2. The van der Waals surface area contributed by atoms with Crippen LogP contribution in [0.3, 0.4) is 0 Å². The molecule has 2 rings (SSSR count). The molecule has 2 N–H and O–H groups in total. The lowest BCUT2D eigenvalue weighted by Gasteiger charge is -2.18. The summed E-state index contributed by atoms with van der Waals surface area (Å²) in [4.78, 5) is 24.5. The van der Waals surface area contributed by atoms with Crippen molar-refractivity contribution in [3.05, 3.63) is 45.5 Å². The second-order valence-electron chi connectivity index (χ2n) is 4.79. The highest BCUT2D eigenvalue weighted by atomic mass is 35.5. The van der Waals surface area contributed by atoms with Crippen LogP contribution in [0.4, 0.5) is 0 Å². The molecule has 1 aliphatic carbocycles. The van der Waals surface area contributed by atoms with Gasteiger partial charge in [0.05, 0.1) is 16.2 Å². The molecule has 0 radical (unpaired) electrons. The molecular weight excluding hydrogens is 280 g/mol. The van der Waals surface area contributed by atoms with Crippen LogP contribution in [0.5, 0.6) is 11.5 Å². The predicted molar refractivity (Wildman–Crippen MR) is 75.4 cm³/mol. The number of ketones is 2. The van der Waals surface area contributed by atoms with Crippen molar-refractivity contribution in [3.8, 4) is 11.5 Å². The average molecular weight is 293 g/mol. The summed E-state index contributed by atoms with van der Waals surface area (Å²) in [7, 11) is 0. The third-order valence-corrected chi connectivity index (χ3v) is 3.47. The van der Waals surface area contributed by atoms with Gasteiger partial charge >= 0.3 is 0 Å². The smallest absolute Gasteiger partial charge is 0.209 e. The fraction of sp³-hybridized carbons (Fsp3) is 0.200. The number of allylic oxidation sites excluding steroid dienone is 4. The molecule has 0 atom stereocenters. The normalized spacial score (nSPS) is 14.3. The largest absolute Gasteiger partial charge is 0.507 e. The number of phenolic OH excluding ortho intramolecular Hbond substituents is 2. The standard InChI is InChI=1S/C15H13ClO4/c1-7(2)3-4-8-13(16)15(20)12-10(18)6-5-9(17)11(12)14(8)19/h3,5-6,17-18H,4H2,1-2H3. The highest BCUT2D eigenvalue weighted by Gasteiger charge is 2.35. The third-order valence-electron chi connectivity index (χ3n) is 3.07. The zero-order valence-corrected chi connectivity index (χ0v) is 11.8. The molecule has 5 heteroatoms. The first-order valence-electron chi connectivity index (χ1n) is 6.01. The highest BCUT2D eigenvalue weighted by molar-refractivity contribution is 6.50. The van der Waals surface area contributed by atoms with Gasteiger partial charge < -0.3 is 10.2 Å². The fourth-order valence-electron chi connectivity index (χ4n) is 2.03. The second kappa shape index (κ2) is 5.13. The number of carbonyl (C=O) groups excluding carboxylic acids is 2. The molecule has 0 aliphatic heterocycles. The van der Waals surface area contributed by atoms with Crippen molar-refractivity contribution in [1.82, 2.24) is 0 Å². The van der Waals surface area contributed by atoms with Gasteiger partial charge in [0.2, 0.25) is 5.78 Å². The molecule has 0 saturated carbocycles. The molecule has 1 aliphatic rings. The summed E-state index contributed by atoms with van der Waals surface area (Å²) in [6.07, 6.45) is 1.98. The molecule has 4 nitrogen and oxygen atoms in total. The van der Waals surface area contributed by atoms with Crippen LogP contribution in [-0.4, -0.2) is 21.8 Å². The maximum atomic E-state index is 12.4. The molecule has 0 spiro atoms. The second-order valence-corrected chi connectivity index (χ2v) is 5.17. The molecule has 1 aromatic rings. The summed E-state index contributed by atoms with van der Waals surface area (Å²) in [6, 6.07) is 2.34. The number of phenols is 2. The van der Waals surface area contributed by atoms with E-state index in [1.165, 1.54) is 6.07 Å². The Morgan fingerprint density at radius 2 is 1.60 bits per heavy atom. The molecule has 104 valence electrons. The maximum Gasteiger partial charge on any atom is 0.209 e. The highest BCUT2D eigenvalue weighted by Crippen LogP contribution is 2.39. The number of rotatable bonds is 2. The van der Waals surface area contributed by atoms with E-state index in [-0.39, 0.29) is 39.7 Å². The van der Waals surface area contributed by atoms with Crippen molar-refractivity contribution < 1.29 is 19.8 Å². The van der Waals surface area contributed by atoms with Crippen molar-refractivity contribution in [3.63, 3.8) is 0 Å². The van der Waals surface area contributed by atoms with Crippen molar-refractivity contribution in [1.29, 1.82) is 0 Å². The number of Topliss-reactive ketones (excluding diaryl/α,β-unsaturated/α-hetero) is 2. The summed E-state index contributed by atoms with van der Waals surface area (Å²) in [5.41, 5.74) is 0.692. The van der Waals surface area contributed by atoms with E-state index in [1.807, 2.05) is 13.8 Å². The summed E-state index contributed by atoms with van der Waals surface area (Å²) in [5.74, 6) is -1.88. The first-order chi connectivity index (χ1) is 9.34. The fourth-order valence-corrected chi connectivity index (χ4v) is 2.28. The summed E-state index contributed by atoms with van der Waals surface area (Å²) in [6.45, 7) is 3.72. The van der Waals surface area contributed by atoms with E-state index in [0.29, 0.717) is 0 Å². The van der Waals surface area contributed by atoms with E-state index in [4.69, 9.17) is 11.6 Å². The molecule has 0 aromatic heterocycles. The Hall–Kier alpha value is -2.07. The van der Waals surface area contributed by atoms with Crippen LogP contribution < -0.4 is 0 Å². The molecule has 0 amide bonds. The molecule has 1 aromatic carbocycles. The number of hydrogen-bond donors (Lipinski definition) is 2. The Balaban J connectivity index is 2.63. The minimum absolute atomic E-state index is 0.131. The lowest BCUT2D eigenvalue weighted by molar-refractivity contribution is 0.0974. The Morgan fingerprint density at radius 1 is 1.10 bits per heavy atom. The Morgan fingerprint density at radius 3 is 2.10 bits per heavy atom. The lowest BCUT2D eigenvalue weighted by Crippen LogP contribution is -2.20. The van der Waals surface area contributed by atoms with Gasteiger partial charge in [0.15, 0.2) is 5.78 Å². The van der Waals surface area contributed by atoms with Crippen LogP contribution in [0, 0.1) is 0 Å². The predicted octanol–water partition coefficient (Wildman–Crippen LogP) is 3.33. The Labute approximate surface area is 121 Å². The van der Waals surface area contributed by atoms with Crippen molar-refractivity contribution in [2.24, 2.45) is 0 Å². The van der Waals surface area contributed by atoms with Gasteiger partial charge in [0.1, 0.15) is 11.5 Å². The summed E-state index contributed by atoms with van der Waals surface area (Å²) in [5, 5.41) is 19.3. The number of hydrogen-bond acceptors (Lipinski definition) is 4. The van der Waals surface area contributed by atoms with Crippen molar-refractivity contribution in [2.75, 3.05) is 0 Å². The summed E-state index contributed by atoms with van der Waals surface area (Å²) >= 11 is 5.95. The van der Waals surface area contributed by atoms with Gasteiger partial charge in [0.25, 0.3) is 0 Å². The van der Waals surface area contributed by atoms with Crippen LogP contribution in [0.2, 0.25) is 0 Å². The quantitative estimate of drug-likeness (QED) is 0.647. The van der Waals surface area contributed by atoms with E-state index in [1.54, 1.807) is 6.08 Å². The molecule has 0 heterocycles. The first-order valence-corrected chi connectivity index (χ1v) is 6.38. The monoisotopic (exact) mass is 292 g/mol. The molecule has 0 fully saturated rings. The third kappa shape index (κ3) is 2.23. The number of halogens is 1. The van der Waals surface area contributed by atoms with Gasteiger partial charge in [-0.15, -0.1) is 0 Å². The van der Waals surface area contributed by atoms with Gasteiger partial charge in [-0.1, -0.05) is 23.3 Å². The van der Waals surface area contributed by atoms with Crippen molar-refractivity contribution in [2.45, 2.75) is 20.3 Å². The Bertz CT molecular complexity index is 679. The van der Waals surface area contributed by atoms with Crippen LogP contribution in [0.1, 0.15) is 41.0 Å². The molecule has 0 bridgehead atoms.